The predicted octanol–water partition coefficient (Wildman–Crippen LogP) is 4.78. The molecule has 1 fully saturated rings. The molecule has 0 saturated heterocycles. The molecule has 1 saturated carbocycles. The summed E-state index contributed by atoms with van der Waals surface area (Å²) in [5, 5.41) is 3.87. The Morgan fingerprint density at radius 2 is 1.68 bits per heavy atom. The van der Waals surface area contributed by atoms with Gasteiger partial charge in [-0.2, -0.15) is 18.2 Å². The fraction of sp³-hybridized carbons (Fsp3) is 0.348. The van der Waals surface area contributed by atoms with Crippen molar-refractivity contribution in [2.75, 3.05) is 13.1 Å². The van der Waals surface area contributed by atoms with Gasteiger partial charge in [0, 0.05) is 31.0 Å². The molecule has 162 valence electrons. The van der Waals surface area contributed by atoms with E-state index in [1.54, 1.807) is 0 Å². The Hall–Kier alpha value is -3.16. The van der Waals surface area contributed by atoms with E-state index in [9.17, 15) is 18.0 Å². The summed E-state index contributed by atoms with van der Waals surface area (Å²) in [7, 11) is 0. The lowest BCUT2D eigenvalue weighted by Gasteiger charge is -2.22. The number of hydrogen-bond donors (Lipinski definition) is 0. The molecule has 0 spiro atoms. The first-order valence-electron chi connectivity index (χ1n) is 10.2. The number of aromatic nitrogens is 2. The molecule has 5 nitrogen and oxygen atoms in total. The molecule has 4 rings (SSSR count). The summed E-state index contributed by atoms with van der Waals surface area (Å²) in [4.78, 5) is 18.8. The van der Waals surface area contributed by atoms with Gasteiger partial charge in [-0.15, -0.1) is 0 Å². The molecular weight excluding hydrogens is 407 g/mol. The average molecular weight is 429 g/mol. The van der Waals surface area contributed by atoms with Gasteiger partial charge in [-0.3, -0.25) is 4.79 Å². The summed E-state index contributed by atoms with van der Waals surface area (Å²) in [6.45, 7) is 1.07. The van der Waals surface area contributed by atoms with Crippen LogP contribution in [-0.2, 0) is 23.8 Å². The van der Waals surface area contributed by atoms with Gasteiger partial charge in [0.1, 0.15) is 0 Å². The highest BCUT2D eigenvalue weighted by Gasteiger charge is 2.33. The second kappa shape index (κ2) is 8.91. The molecule has 1 aromatic heterocycles. The second-order valence-corrected chi connectivity index (χ2v) is 7.67. The Labute approximate surface area is 177 Å². The van der Waals surface area contributed by atoms with Crippen LogP contribution in [0.1, 0.15) is 29.9 Å². The SMILES string of the molecule is O=C(C1CC1)N(CCc1ccccc1)CCc1nc(-c2ccc(C(F)(F)F)cc2)no1. The van der Waals surface area contributed by atoms with Crippen molar-refractivity contribution in [1.29, 1.82) is 0 Å². The molecule has 0 radical (unpaired) electrons. The van der Waals surface area contributed by atoms with Gasteiger partial charge in [-0.1, -0.05) is 47.6 Å². The molecule has 1 aliphatic rings. The number of benzene rings is 2. The van der Waals surface area contributed by atoms with Crippen LogP contribution in [0.4, 0.5) is 13.2 Å². The van der Waals surface area contributed by atoms with Crippen LogP contribution < -0.4 is 0 Å². The third kappa shape index (κ3) is 5.51. The van der Waals surface area contributed by atoms with Crippen LogP contribution >= 0.6 is 0 Å². The highest BCUT2D eigenvalue weighted by molar-refractivity contribution is 5.81. The molecule has 3 aromatic rings. The van der Waals surface area contributed by atoms with E-state index in [4.69, 9.17) is 4.52 Å². The first-order valence-corrected chi connectivity index (χ1v) is 10.2. The van der Waals surface area contributed by atoms with Crippen molar-refractivity contribution < 1.29 is 22.5 Å². The summed E-state index contributed by atoms with van der Waals surface area (Å²) in [6.07, 6.45) is -1.38. The maximum absolute atomic E-state index is 12.7. The van der Waals surface area contributed by atoms with Gasteiger partial charge in [0.2, 0.25) is 17.6 Å². The fourth-order valence-corrected chi connectivity index (χ4v) is 3.34. The van der Waals surface area contributed by atoms with Crippen LogP contribution in [0.25, 0.3) is 11.4 Å². The Morgan fingerprint density at radius 1 is 1.00 bits per heavy atom. The number of alkyl halides is 3. The summed E-state index contributed by atoms with van der Waals surface area (Å²) >= 11 is 0. The first kappa shape index (κ1) is 21.1. The molecule has 0 atom stereocenters. The zero-order valence-corrected chi connectivity index (χ0v) is 16.8. The number of carbonyl (C=O) groups is 1. The summed E-state index contributed by atoms with van der Waals surface area (Å²) in [5.74, 6) is 0.843. The number of carbonyl (C=O) groups excluding carboxylic acids is 1. The molecule has 1 aliphatic carbocycles. The summed E-state index contributed by atoms with van der Waals surface area (Å²) in [6, 6.07) is 14.6. The molecule has 1 heterocycles. The van der Waals surface area contributed by atoms with Gasteiger partial charge < -0.3 is 9.42 Å². The smallest absolute Gasteiger partial charge is 0.342 e. The molecule has 8 heteroatoms. The molecule has 31 heavy (non-hydrogen) atoms. The average Bonchev–Trinajstić information content (AvgIpc) is 3.51. The van der Waals surface area contributed by atoms with Crippen molar-refractivity contribution in [2.45, 2.75) is 31.9 Å². The van der Waals surface area contributed by atoms with Crippen molar-refractivity contribution in [3.8, 4) is 11.4 Å². The topological polar surface area (TPSA) is 59.2 Å². The van der Waals surface area contributed by atoms with E-state index in [2.05, 4.69) is 10.1 Å². The van der Waals surface area contributed by atoms with Crippen molar-refractivity contribution in [1.82, 2.24) is 15.0 Å². The van der Waals surface area contributed by atoms with Gasteiger partial charge in [0.15, 0.2) is 0 Å². The third-order valence-corrected chi connectivity index (χ3v) is 5.29. The number of rotatable bonds is 8. The minimum absolute atomic E-state index is 0.112. The minimum atomic E-state index is -4.39. The fourth-order valence-electron chi connectivity index (χ4n) is 3.34. The largest absolute Gasteiger partial charge is 0.416 e. The Bertz CT molecular complexity index is 1010. The lowest BCUT2D eigenvalue weighted by atomic mass is 10.1. The van der Waals surface area contributed by atoms with Crippen LogP contribution in [0.15, 0.2) is 59.1 Å². The van der Waals surface area contributed by atoms with Gasteiger partial charge in [0.05, 0.1) is 5.56 Å². The van der Waals surface area contributed by atoms with Gasteiger partial charge in [-0.05, 0) is 37.0 Å². The van der Waals surface area contributed by atoms with Gasteiger partial charge in [-0.25, -0.2) is 0 Å². The van der Waals surface area contributed by atoms with E-state index in [0.29, 0.717) is 31.0 Å². The lowest BCUT2D eigenvalue weighted by molar-refractivity contribution is -0.137. The van der Waals surface area contributed by atoms with Crippen molar-refractivity contribution in [3.63, 3.8) is 0 Å². The normalized spacial score (nSPS) is 13.9. The van der Waals surface area contributed by atoms with E-state index < -0.39 is 11.7 Å². The highest BCUT2D eigenvalue weighted by atomic mass is 19.4. The van der Waals surface area contributed by atoms with Crippen LogP contribution in [0, 0.1) is 5.92 Å². The lowest BCUT2D eigenvalue weighted by Crippen LogP contribution is -2.35. The minimum Gasteiger partial charge on any atom is -0.342 e. The van der Waals surface area contributed by atoms with E-state index in [1.165, 1.54) is 17.7 Å². The number of nitrogens with zero attached hydrogens (tertiary/aromatic N) is 3. The van der Waals surface area contributed by atoms with Crippen molar-refractivity contribution in [2.24, 2.45) is 5.92 Å². The van der Waals surface area contributed by atoms with E-state index in [0.717, 1.165) is 31.4 Å². The zero-order valence-electron chi connectivity index (χ0n) is 16.8. The quantitative estimate of drug-likeness (QED) is 0.517. The maximum Gasteiger partial charge on any atom is 0.416 e. The summed E-state index contributed by atoms with van der Waals surface area (Å²) in [5.41, 5.74) is 0.879. The molecule has 2 aromatic carbocycles. The standard InChI is InChI=1S/C23H22F3N3O2/c24-23(25,26)19-10-8-17(9-11-19)21-27-20(31-28-21)13-15-29(22(30)18-6-7-18)14-12-16-4-2-1-3-5-16/h1-5,8-11,18H,6-7,12-15H2. The van der Waals surface area contributed by atoms with E-state index in [1.807, 2.05) is 35.2 Å². The molecule has 0 unspecified atom stereocenters. The van der Waals surface area contributed by atoms with Crippen LogP contribution in [-0.4, -0.2) is 34.0 Å². The Kier molecular flexibility index (Phi) is 6.06. The Morgan fingerprint density at radius 3 is 2.32 bits per heavy atom. The van der Waals surface area contributed by atoms with Crippen molar-refractivity contribution in [3.05, 3.63) is 71.6 Å². The predicted molar refractivity (Wildman–Crippen MR) is 108 cm³/mol. The monoisotopic (exact) mass is 429 g/mol. The maximum atomic E-state index is 12.7. The Balaban J connectivity index is 1.38. The zero-order chi connectivity index (χ0) is 21.8. The highest BCUT2D eigenvalue weighted by Crippen LogP contribution is 2.32. The number of hydrogen-bond acceptors (Lipinski definition) is 4. The van der Waals surface area contributed by atoms with Gasteiger partial charge in [0.25, 0.3) is 0 Å². The first-order chi connectivity index (χ1) is 14.9. The molecule has 0 N–H and O–H groups in total. The molecular formula is C23H22F3N3O2. The van der Waals surface area contributed by atoms with Crippen LogP contribution in [0.5, 0.6) is 0 Å². The third-order valence-electron chi connectivity index (χ3n) is 5.29. The second-order valence-electron chi connectivity index (χ2n) is 7.67. The number of amides is 1. The van der Waals surface area contributed by atoms with Crippen LogP contribution in [0.3, 0.4) is 0 Å². The summed E-state index contributed by atoms with van der Waals surface area (Å²) < 4.78 is 43.4. The van der Waals surface area contributed by atoms with E-state index in [-0.39, 0.29) is 17.6 Å². The molecule has 1 amide bonds. The van der Waals surface area contributed by atoms with Crippen molar-refractivity contribution >= 4 is 5.91 Å². The van der Waals surface area contributed by atoms with Gasteiger partial charge >= 0.3 is 6.18 Å². The molecule has 0 bridgehead atoms. The van der Waals surface area contributed by atoms with E-state index >= 15 is 0 Å². The molecule has 0 aliphatic heterocycles. The number of halogens is 3. The van der Waals surface area contributed by atoms with Crippen LogP contribution in [0.2, 0.25) is 0 Å².